The van der Waals surface area contributed by atoms with Crippen molar-refractivity contribution in [3.8, 4) is 0 Å². The fourth-order valence-corrected chi connectivity index (χ4v) is 5.45. The van der Waals surface area contributed by atoms with Crippen LogP contribution in [0.3, 0.4) is 0 Å². The minimum absolute atomic E-state index is 0.280. The van der Waals surface area contributed by atoms with E-state index in [2.05, 4.69) is 47.7 Å². The van der Waals surface area contributed by atoms with E-state index in [1.807, 2.05) is 6.07 Å². The van der Waals surface area contributed by atoms with Crippen molar-refractivity contribution in [3.05, 3.63) is 59.4 Å². The lowest BCUT2D eigenvalue weighted by Crippen LogP contribution is -2.28. The van der Waals surface area contributed by atoms with Crippen LogP contribution in [0.25, 0.3) is 11.0 Å². The molecule has 6 nitrogen and oxygen atoms in total. The van der Waals surface area contributed by atoms with E-state index in [0.29, 0.717) is 6.04 Å². The van der Waals surface area contributed by atoms with Crippen molar-refractivity contribution in [1.82, 2.24) is 18.8 Å². The van der Waals surface area contributed by atoms with Crippen LogP contribution in [0.5, 0.6) is 0 Å². The van der Waals surface area contributed by atoms with E-state index in [1.165, 1.54) is 21.9 Å². The summed E-state index contributed by atoms with van der Waals surface area (Å²) in [6, 6.07) is 14.4. The maximum atomic E-state index is 12.5. The molecule has 0 aliphatic heterocycles. The van der Waals surface area contributed by atoms with Crippen molar-refractivity contribution < 1.29 is 8.42 Å². The predicted octanol–water partition coefficient (Wildman–Crippen LogP) is 3.82. The number of aromatic nitrogens is 2. The summed E-state index contributed by atoms with van der Waals surface area (Å²) >= 11 is 0. The van der Waals surface area contributed by atoms with E-state index < -0.39 is 10.0 Å². The zero-order valence-corrected chi connectivity index (χ0v) is 19.0. The molecule has 1 atom stereocenters. The van der Waals surface area contributed by atoms with E-state index in [4.69, 9.17) is 4.98 Å². The SMILES string of the molecule is CCn1c(CN(C)[C@H]2CCCc3ccccc32)nc2cc(S(=O)(=O)N(C)C)ccc21. The Morgan fingerprint density at radius 1 is 1.13 bits per heavy atom. The van der Waals surface area contributed by atoms with Crippen molar-refractivity contribution >= 4 is 21.1 Å². The Labute approximate surface area is 179 Å². The fourth-order valence-electron chi connectivity index (χ4n) is 4.52. The van der Waals surface area contributed by atoms with E-state index in [0.717, 1.165) is 42.8 Å². The van der Waals surface area contributed by atoms with Crippen LogP contribution < -0.4 is 0 Å². The molecule has 0 N–H and O–H groups in total. The maximum absolute atomic E-state index is 12.5. The van der Waals surface area contributed by atoms with Gasteiger partial charge in [0.2, 0.25) is 10.0 Å². The van der Waals surface area contributed by atoms with Gasteiger partial charge in [-0.2, -0.15) is 0 Å². The number of hydrogen-bond donors (Lipinski definition) is 0. The second-order valence-electron chi connectivity index (χ2n) is 8.23. The van der Waals surface area contributed by atoms with Gasteiger partial charge >= 0.3 is 0 Å². The van der Waals surface area contributed by atoms with Gasteiger partial charge in [-0.05, 0) is 62.6 Å². The molecule has 0 bridgehead atoms. The first-order chi connectivity index (χ1) is 14.3. The Balaban J connectivity index is 1.68. The number of imidazole rings is 1. The minimum Gasteiger partial charge on any atom is -0.327 e. The molecule has 4 rings (SSSR count). The van der Waals surface area contributed by atoms with Crippen LogP contribution in [-0.4, -0.2) is 48.3 Å². The van der Waals surface area contributed by atoms with Gasteiger partial charge in [0.1, 0.15) is 5.82 Å². The zero-order valence-electron chi connectivity index (χ0n) is 18.2. The fraction of sp³-hybridized carbons (Fsp3) is 0.435. The van der Waals surface area contributed by atoms with Gasteiger partial charge in [0.15, 0.2) is 0 Å². The van der Waals surface area contributed by atoms with Crippen LogP contribution in [0, 0.1) is 0 Å². The number of rotatable bonds is 6. The highest BCUT2D eigenvalue weighted by atomic mass is 32.2. The molecule has 1 heterocycles. The lowest BCUT2D eigenvalue weighted by molar-refractivity contribution is 0.206. The third-order valence-electron chi connectivity index (χ3n) is 6.15. The molecule has 0 spiro atoms. The van der Waals surface area contributed by atoms with Crippen LogP contribution in [0.4, 0.5) is 0 Å². The smallest absolute Gasteiger partial charge is 0.242 e. The molecule has 7 heteroatoms. The molecule has 3 aromatic rings. The van der Waals surface area contributed by atoms with Crippen molar-refractivity contribution in [3.63, 3.8) is 0 Å². The quantitative estimate of drug-likeness (QED) is 0.601. The highest BCUT2D eigenvalue weighted by Crippen LogP contribution is 2.34. The van der Waals surface area contributed by atoms with Gasteiger partial charge in [-0.25, -0.2) is 17.7 Å². The van der Waals surface area contributed by atoms with Gasteiger partial charge < -0.3 is 4.57 Å². The summed E-state index contributed by atoms with van der Waals surface area (Å²) < 4.78 is 28.5. The van der Waals surface area contributed by atoms with Crippen molar-refractivity contribution in [1.29, 1.82) is 0 Å². The molecule has 1 aliphatic carbocycles. The third-order valence-corrected chi connectivity index (χ3v) is 7.97. The zero-order chi connectivity index (χ0) is 21.5. The largest absolute Gasteiger partial charge is 0.327 e. The number of sulfonamides is 1. The molecule has 0 amide bonds. The number of nitrogens with zero attached hydrogens (tertiary/aromatic N) is 4. The van der Waals surface area contributed by atoms with Gasteiger partial charge in [0, 0.05) is 26.7 Å². The first-order valence-corrected chi connectivity index (χ1v) is 12.0. The minimum atomic E-state index is -3.48. The predicted molar refractivity (Wildman–Crippen MR) is 120 cm³/mol. The molecule has 30 heavy (non-hydrogen) atoms. The maximum Gasteiger partial charge on any atom is 0.242 e. The summed E-state index contributed by atoms with van der Waals surface area (Å²) in [5.41, 5.74) is 4.57. The molecular weight excluding hydrogens is 396 g/mol. The van der Waals surface area contributed by atoms with Crippen LogP contribution >= 0.6 is 0 Å². The van der Waals surface area contributed by atoms with E-state index >= 15 is 0 Å². The summed E-state index contributed by atoms with van der Waals surface area (Å²) in [7, 11) is 1.78. The second kappa shape index (κ2) is 8.13. The van der Waals surface area contributed by atoms with Crippen molar-refractivity contribution in [2.75, 3.05) is 21.1 Å². The van der Waals surface area contributed by atoms with Crippen LogP contribution in [-0.2, 0) is 29.5 Å². The lowest BCUT2D eigenvalue weighted by Gasteiger charge is -2.33. The van der Waals surface area contributed by atoms with E-state index in [-0.39, 0.29) is 4.90 Å². The Kier molecular flexibility index (Phi) is 5.70. The standard InChI is InChI=1S/C23H30N4O2S/c1-5-27-22-14-13-18(30(28,29)25(2)3)15-20(22)24-23(27)16-26(4)21-12-8-10-17-9-6-7-11-19(17)21/h6-7,9,11,13-15,21H,5,8,10,12,16H2,1-4H3/t21-/m0/s1. The second-order valence-corrected chi connectivity index (χ2v) is 10.4. The van der Waals surface area contributed by atoms with E-state index in [9.17, 15) is 8.42 Å². The first kappa shape index (κ1) is 21.0. The average Bonchev–Trinajstić information content (AvgIpc) is 3.09. The van der Waals surface area contributed by atoms with Gasteiger partial charge in [-0.15, -0.1) is 0 Å². The number of benzene rings is 2. The Bertz CT molecular complexity index is 1170. The molecule has 0 fully saturated rings. The molecule has 0 saturated heterocycles. The van der Waals surface area contributed by atoms with Gasteiger partial charge in [-0.3, -0.25) is 4.90 Å². The summed E-state index contributed by atoms with van der Waals surface area (Å²) in [5.74, 6) is 0.970. The summed E-state index contributed by atoms with van der Waals surface area (Å²) in [6.45, 7) is 3.61. The normalized spacial score (nSPS) is 17.1. The molecule has 0 unspecified atom stereocenters. The van der Waals surface area contributed by atoms with Crippen LogP contribution in [0.2, 0.25) is 0 Å². The number of fused-ring (bicyclic) bond motifs is 2. The Morgan fingerprint density at radius 2 is 1.90 bits per heavy atom. The van der Waals surface area contributed by atoms with Gasteiger partial charge in [0.25, 0.3) is 0 Å². The van der Waals surface area contributed by atoms with Gasteiger partial charge in [0.05, 0.1) is 22.5 Å². The highest BCUT2D eigenvalue weighted by Gasteiger charge is 2.25. The first-order valence-electron chi connectivity index (χ1n) is 10.5. The molecule has 1 aliphatic rings. The number of aryl methyl sites for hydroxylation is 2. The van der Waals surface area contributed by atoms with Crippen molar-refractivity contribution in [2.45, 2.75) is 50.2 Å². The molecule has 160 valence electrons. The third kappa shape index (κ3) is 3.66. The van der Waals surface area contributed by atoms with Crippen LogP contribution in [0.1, 0.15) is 42.8 Å². The molecule has 0 saturated carbocycles. The Morgan fingerprint density at radius 3 is 2.63 bits per heavy atom. The Hall–Kier alpha value is -2.22. The van der Waals surface area contributed by atoms with E-state index in [1.54, 1.807) is 26.2 Å². The average molecular weight is 427 g/mol. The summed E-state index contributed by atoms with van der Waals surface area (Å²) in [6.07, 6.45) is 3.49. The molecule has 1 aromatic heterocycles. The summed E-state index contributed by atoms with van der Waals surface area (Å²) in [4.78, 5) is 7.50. The van der Waals surface area contributed by atoms with Crippen molar-refractivity contribution in [2.24, 2.45) is 0 Å². The highest BCUT2D eigenvalue weighted by molar-refractivity contribution is 7.89. The van der Waals surface area contributed by atoms with Gasteiger partial charge in [-0.1, -0.05) is 24.3 Å². The topological polar surface area (TPSA) is 58.4 Å². The molecule has 0 radical (unpaired) electrons. The number of hydrogen-bond acceptors (Lipinski definition) is 4. The summed E-state index contributed by atoms with van der Waals surface area (Å²) in [5, 5.41) is 0. The molecule has 2 aromatic carbocycles. The lowest BCUT2D eigenvalue weighted by atomic mass is 9.87. The van der Waals surface area contributed by atoms with Crippen LogP contribution in [0.15, 0.2) is 47.4 Å². The monoisotopic (exact) mass is 426 g/mol. The molecular formula is C23H30N4O2S.